The van der Waals surface area contributed by atoms with Crippen molar-refractivity contribution < 1.29 is 17.6 Å². The zero-order valence-corrected chi connectivity index (χ0v) is 16.1. The number of benzene rings is 1. The SMILES string of the molecule is Cc1ccnc(NC(=O)C2CCN(S(=O)(=O)c3cc(C)ccc3F)CC2)c1. The summed E-state index contributed by atoms with van der Waals surface area (Å²) < 4.78 is 40.8. The lowest BCUT2D eigenvalue weighted by atomic mass is 9.97. The highest BCUT2D eigenvalue weighted by Crippen LogP contribution is 2.26. The molecule has 0 bridgehead atoms. The van der Waals surface area contributed by atoms with Crippen LogP contribution in [0.1, 0.15) is 24.0 Å². The molecule has 2 aromatic rings. The molecule has 1 amide bonds. The van der Waals surface area contributed by atoms with E-state index in [4.69, 9.17) is 0 Å². The van der Waals surface area contributed by atoms with E-state index >= 15 is 0 Å². The van der Waals surface area contributed by atoms with Crippen LogP contribution in [0.25, 0.3) is 0 Å². The molecule has 144 valence electrons. The molecule has 2 heterocycles. The standard InChI is InChI=1S/C19H22FN3O3S/c1-13-3-4-16(20)17(11-13)27(25,26)23-9-6-15(7-10-23)19(24)22-18-12-14(2)5-8-21-18/h3-5,8,11-12,15H,6-7,9-10H2,1-2H3,(H,21,22,24). The number of sulfonamides is 1. The Morgan fingerprint density at radius 3 is 2.48 bits per heavy atom. The maximum absolute atomic E-state index is 14.0. The molecule has 1 aromatic carbocycles. The molecule has 0 atom stereocenters. The zero-order chi connectivity index (χ0) is 19.6. The minimum absolute atomic E-state index is 0.174. The number of anilines is 1. The number of pyridine rings is 1. The van der Waals surface area contributed by atoms with Crippen LogP contribution < -0.4 is 5.32 Å². The number of piperidine rings is 1. The topological polar surface area (TPSA) is 79.4 Å². The largest absolute Gasteiger partial charge is 0.310 e. The van der Waals surface area contributed by atoms with Crippen LogP contribution in [0.3, 0.4) is 0 Å². The molecule has 0 unspecified atom stereocenters. The number of aryl methyl sites for hydroxylation is 2. The summed E-state index contributed by atoms with van der Waals surface area (Å²) in [5.41, 5.74) is 1.66. The maximum atomic E-state index is 14.0. The molecule has 0 radical (unpaired) electrons. The number of halogens is 1. The van der Waals surface area contributed by atoms with Crippen molar-refractivity contribution >= 4 is 21.7 Å². The summed E-state index contributed by atoms with van der Waals surface area (Å²) in [6.45, 7) is 3.98. The first-order valence-electron chi connectivity index (χ1n) is 8.77. The van der Waals surface area contributed by atoms with Crippen molar-refractivity contribution in [2.24, 2.45) is 5.92 Å². The van der Waals surface area contributed by atoms with Gasteiger partial charge in [-0.25, -0.2) is 17.8 Å². The number of nitrogens with one attached hydrogen (secondary N) is 1. The van der Waals surface area contributed by atoms with Crippen molar-refractivity contribution in [3.8, 4) is 0 Å². The van der Waals surface area contributed by atoms with E-state index < -0.39 is 15.8 Å². The van der Waals surface area contributed by atoms with Crippen LogP contribution in [0.4, 0.5) is 10.2 Å². The first-order valence-corrected chi connectivity index (χ1v) is 10.2. The molecule has 8 heteroatoms. The summed E-state index contributed by atoms with van der Waals surface area (Å²) in [6.07, 6.45) is 2.38. The Morgan fingerprint density at radius 2 is 1.81 bits per heavy atom. The van der Waals surface area contributed by atoms with Crippen molar-refractivity contribution in [2.75, 3.05) is 18.4 Å². The van der Waals surface area contributed by atoms with Crippen LogP contribution in [-0.4, -0.2) is 36.7 Å². The van der Waals surface area contributed by atoms with E-state index in [2.05, 4.69) is 10.3 Å². The summed E-state index contributed by atoms with van der Waals surface area (Å²) in [7, 11) is -3.91. The van der Waals surface area contributed by atoms with Crippen LogP contribution in [-0.2, 0) is 14.8 Å². The van der Waals surface area contributed by atoms with Gasteiger partial charge < -0.3 is 5.32 Å². The number of carbonyl (C=O) groups is 1. The van der Waals surface area contributed by atoms with Crippen molar-refractivity contribution in [3.05, 3.63) is 53.5 Å². The van der Waals surface area contributed by atoms with Crippen LogP contribution in [0.15, 0.2) is 41.4 Å². The summed E-state index contributed by atoms with van der Waals surface area (Å²) in [4.78, 5) is 16.2. The number of amides is 1. The van der Waals surface area contributed by atoms with E-state index in [1.54, 1.807) is 19.2 Å². The highest BCUT2D eigenvalue weighted by atomic mass is 32.2. The first-order chi connectivity index (χ1) is 12.8. The lowest BCUT2D eigenvalue weighted by Gasteiger charge is -2.30. The third kappa shape index (κ3) is 4.33. The fraction of sp³-hybridized carbons (Fsp3) is 0.368. The van der Waals surface area contributed by atoms with Gasteiger partial charge in [-0.05, 0) is 62.1 Å². The van der Waals surface area contributed by atoms with Crippen LogP contribution in [0.5, 0.6) is 0 Å². The monoisotopic (exact) mass is 391 g/mol. The number of nitrogens with zero attached hydrogens (tertiary/aromatic N) is 2. The zero-order valence-electron chi connectivity index (χ0n) is 15.3. The molecule has 0 saturated carbocycles. The van der Waals surface area contributed by atoms with Crippen molar-refractivity contribution in [3.63, 3.8) is 0 Å². The summed E-state index contributed by atoms with van der Waals surface area (Å²) in [5, 5.41) is 2.78. The van der Waals surface area contributed by atoms with E-state index in [9.17, 15) is 17.6 Å². The second kappa shape index (κ2) is 7.74. The Labute approximate surface area is 158 Å². The van der Waals surface area contributed by atoms with Gasteiger partial charge in [0.05, 0.1) is 0 Å². The molecular weight excluding hydrogens is 369 g/mol. The Bertz CT molecular complexity index is 954. The van der Waals surface area contributed by atoms with Gasteiger partial charge in [-0.15, -0.1) is 0 Å². The van der Waals surface area contributed by atoms with Gasteiger partial charge in [0.25, 0.3) is 0 Å². The van der Waals surface area contributed by atoms with Gasteiger partial charge in [0, 0.05) is 25.2 Å². The molecule has 1 fully saturated rings. The van der Waals surface area contributed by atoms with Gasteiger partial charge in [0.1, 0.15) is 16.5 Å². The van der Waals surface area contributed by atoms with E-state index in [0.717, 1.165) is 11.6 Å². The third-order valence-corrected chi connectivity index (χ3v) is 6.61. The predicted molar refractivity (Wildman–Crippen MR) is 100 cm³/mol. The number of hydrogen-bond donors (Lipinski definition) is 1. The minimum Gasteiger partial charge on any atom is -0.310 e. The van der Waals surface area contributed by atoms with E-state index in [0.29, 0.717) is 24.2 Å². The average Bonchev–Trinajstić information content (AvgIpc) is 2.63. The van der Waals surface area contributed by atoms with Gasteiger partial charge >= 0.3 is 0 Å². The Morgan fingerprint density at radius 1 is 1.15 bits per heavy atom. The summed E-state index contributed by atoms with van der Waals surface area (Å²) in [6, 6.07) is 7.65. The second-order valence-corrected chi connectivity index (χ2v) is 8.73. The predicted octanol–water partition coefficient (Wildman–Crippen LogP) is 2.88. The quantitative estimate of drug-likeness (QED) is 0.869. The Hall–Kier alpha value is -2.32. The fourth-order valence-corrected chi connectivity index (χ4v) is 4.76. The van der Waals surface area contributed by atoms with Crippen molar-refractivity contribution in [1.29, 1.82) is 0 Å². The molecule has 0 spiro atoms. The lowest BCUT2D eigenvalue weighted by Crippen LogP contribution is -2.41. The smallest absolute Gasteiger partial charge is 0.245 e. The van der Waals surface area contributed by atoms with Gasteiger partial charge in [0.2, 0.25) is 15.9 Å². The van der Waals surface area contributed by atoms with Gasteiger partial charge in [-0.3, -0.25) is 4.79 Å². The van der Waals surface area contributed by atoms with Crippen LogP contribution in [0.2, 0.25) is 0 Å². The molecule has 1 N–H and O–H groups in total. The molecule has 1 saturated heterocycles. The van der Waals surface area contributed by atoms with E-state index in [1.807, 2.05) is 13.0 Å². The van der Waals surface area contributed by atoms with Gasteiger partial charge in [-0.1, -0.05) is 6.07 Å². The highest BCUT2D eigenvalue weighted by molar-refractivity contribution is 7.89. The van der Waals surface area contributed by atoms with Crippen LogP contribution in [0, 0.1) is 25.6 Å². The number of carbonyl (C=O) groups excluding carboxylic acids is 1. The molecule has 1 aromatic heterocycles. The molecule has 3 rings (SSSR count). The maximum Gasteiger partial charge on any atom is 0.245 e. The molecule has 1 aliphatic rings. The Kier molecular flexibility index (Phi) is 5.57. The van der Waals surface area contributed by atoms with E-state index in [-0.39, 0.29) is 29.8 Å². The van der Waals surface area contributed by atoms with E-state index in [1.165, 1.54) is 16.4 Å². The van der Waals surface area contributed by atoms with Crippen LogP contribution >= 0.6 is 0 Å². The summed E-state index contributed by atoms with van der Waals surface area (Å²) >= 11 is 0. The fourth-order valence-electron chi connectivity index (χ4n) is 3.14. The lowest BCUT2D eigenvalue weighted by molar-refractivity contribution is -0.120. The first kappa shape index (κ1) is 19.4. The number of hydrogen-bond acceptors (Lipinski definition) is 4. The van der Waals surface area contributed by atoms with Crippen molar-refractivity contribution in [2.45, 2.75) is 31.6 Å². The third-order valence-electron chi connectivity index (χ3n) is 4.70. The minimum atomic E-state index is -3.91. The highest BCUT2D eigenvalue weighted by Gasteiger charge is 2.33. The molecular formula is C19H22FN3O3S. The Balaban J connectivity index is 1.66. The average molecular weight is 391 g/mol. The van der Waals surface area contributed by atoms with Gasteiger partial charge in [0.15, 0.2) is 0 Å². The summed E-state index contributed by atoms with van der Waals surface area (Å²) in [5.74, 6) is -0.754. The normalized spacial score (nSPS) is 16.3. The molecule has 27 heavy (non-hydrogen) atoms. The molecule has 1 aliphatic heterocycles. The number of aromatic nitrogens is 1. The molecule has 6 nitrogen and oxygen atoms in total. The number of rotatable bonds is 4. The second-order valence-electron chi connectivity index (χ2n) is 6.82. The van der Waals surface area contributed by atoms with Gasteiger partial charge in [-0.2, -0.15) is 4.31 Å². The van der Waals surface area contributed by atoms with Crippen molar-refractivity contribution in [1.82, 2.24) is 9.29 Å². The molecule has 0 aliphatic carbocycles.